The van der Waals surface area contributed by atoms with Gasteiger partial charge in [-0.2, -0.15) is 0 Å². The van der Waals surface area contributed by atoms with E-state index < -0.39 is 0 Å². The summed E-state index contributed by atoms with van der Waals surface area (Å²) in [6.07, 6.45) is 4.01. The molecule has 18 heavy (non-hydrogen) atoms. The maximum Gasteiger partial charge on any atom is 0.237 e. The van der Waals surface area contributed by atoms with Crippen LogP contribution < -0.4 is 4.90 Å². The molecule has 2 atom stereocenters. The smallest absolute Gasteiger partial charge is 0.237 e. The third-order valence-corrected chi connectivity index (χ3v) is 4.51. The zero-order chi connectivity index (χ0) is 12.5. The first-order valence-electron chi connectivity index (χ1n) is 7.04. The summed E-state index contributed by atoms with van der Waals surface area (Å²) in [6.45, 7) is 3.81. The summed E-state index contributed by atoms with van der Waals surface area (Å²) in [5, 5.41) is 0. The average Bonchev–Trinajstić information content (AvgIpc) is 2.66. The van der Waals surface area contributed by atoms with Crippen molar-refractivity contribution in [2.24, 2.45) is 11.8 Å². The Morgan fingerprint density at radius 2 is 1.61 bits per heavy atom. The van der Waals surface area contributed by atoms with Crippen molar-refractivity contribution in [1.29, 1.82) is 0 Å². The van der Waals surface area contributed by atoms with Crippen molar-refractivity contribution in [1.82, 2.24) is 4.90 Å². The van der Waals surface area contributed by atoms with Crippen LogP contribution in [0.25, 0.3) is 0 Å². The quantitative estimate of drug-likeness (QED) is 0.645. The van der Waals surface area contributed by atoms with Gasteiger partial charge in [0.05, 0.1) is 25.0 Å². The summed E-state index contributed by atoms with van der Waals surface area (Å²) < 4.78 is 5.30. The van der Waals surface area contributed by atoms with E-state index in [4.69, 9.17) is 4.74 Å². The number of morpholine rings is 1. The number of ether oxygens (including phenoxy) is 1. The number of likely N-dealkylation sites (tertiary alicyclic amines) is 1. The fraction of sp³-hybridized carbons (Fsp3) is 0.846. The number of carbonyl (C=O) groups is 2. The number of nitrogens with zero attached hydrogens (tertiary/aromatic N) is 1. The van der Waals surface area contributed by atoms with E-state index in [1.54, 1.807) is 0 Å². The average molecular weight is 253 g/mol. The van der Waals surface area contributed by atoms with Gasteiger partial charge in [-0.25, -0.2) is 4.90 Å². The zero-order valence-electron chi connectivity index (χ0n) is 10.7. The number of hydrogen-bond donors (Lipinski definition) is 1. The first-order valence-corrected chi connectivity index (χ1v) is 7.04. The molecular formula is C13H21N2O3+. The molecule has 3 rings (SSSR count). The van der Waals surface area contributed by atoms with E-state index in [1.807, 2.05) is 0 Å². The highest BCUT2D eigenvalue weighted by Crippen LogP contribution is 2.37. The lowest BCUT2D eigenvalue weighted by molar-refractivity contribution is -0.915. The predicted molar refractivity (Wildman–Crippen MR) is 63.7 cm³/mol. The van der Waals surface area contributed by atoms with Crippen molar-refractivity contribution in [3.05, 3.63) is 0 Å². The van der Waals surface area contributed by atoms with Crippen LogP contribution in [0.15, 0.2) is 0 Å². The topological polar surface area (TPSA) is 51.0 Å². The summed E-state index contributed by atoms with van der Waals surface area (Å²) in [6, 6.07) is 0. The maximum atomic E-state index is 12.3. The number of carbonyl (C=O) groups excluding carboxylic acids is 2. The Kier molecular flexibility index (Phi) is 3.35. The molecule has 100 valence electrons. The van der Waals surface area contributed by atoms with Gasteiger partial charge in [-0.3, -0.25) is 9.59 Å². The van der Waals surface area contributed by atoms with Crippen LogP contribution in [0.5, 0.6) is 0 Å². The van der Waals surface area contributed by atoms with Gasteiger partial charge in [-0.05, 0) is 12.8 Å². The molecule has 3 aliphatic rings. The molecule has 0 spiro atoms. The van der Waals surface area contributed by atoms with Crippen LogP contribution in [0, 0.1) is 11.8 Å². The second-order valence-electron chi connectivity index (χ2n) is 5.62. The normalized spacial score (nSPS) is 33.9. The highest BCUT2D eigenvalue weighted by molar-refractivity contribution is 6.05. The van der Waals surface area contributed by atoms with Crippen molar-refractivity contribution in [2.75, 3.05) is 33.0 Å². The molecule has 0 aromatic rings. The molecule has 0 unspecified atom stereocenters. The van der Waals surface area contributed by atoms with E-state index in [1.165, 1.54) is 9.80 Å². The zero-order valence-corrected chi connectivity index (χ0v) is 10.7. The summed E-state index contributed by atoms with van der Waals surface area (Å²) >= 11 is 0. The Hall–Kier alpha value is -0.940. The number of fused-ring (bicyclic) bond motifs is 1. The van der Waals surface area contributed by atoms with Crippen molar-refractivity contribution >= 4 is 11.8 Å². The highest BCUT2D eigenvalue weighted by atomic mass is 16.5. The lowest BCUT2D eigenvalue weighted by Gasteiger charge is -2.27. The summed E-state index contributed by atoms with van der Waals surface area (Å²) in [7, 11) is 0. The van der Waals surface area contributed by atoms with Crippen LogP contribution >= 0.6 is 0 Å². The fourth-order valence-corrected chi connectivity index (χ4v) is 3.43. The first kappa shape index (κ1) is 12.1. The second kappa shape index (κ2) is 4.97. The van der Waals surface area contributed by atoms with Crippen molar-refractivity contribution < 1.29 is 19.2 Å². The molecular weight excluding hydrogens is 232 g/mol. The Balaban J connectivity index is 1.68. The highest BCUT2D eigenvalue weighted by Gasteiger charge is 2.49. The molecule has 5 nitrogen and oxygen atoms in total. The first-order chi connectivity index (χ1) is 8.77. The van der Waals surface area contributed by atoms with E-state index in [0.29, 0.717) is 6.67 Å². The number of amides is 2. The van der Waals surface area contributed by atoms with Gasteiger partial charge in [0.15, 0.2) is 6.67 Å². The SMILES string of the molecule is O=C1[C@@H]2CCCC[C@H]2C(=O)N1C[NH+]1CCOCC1. The number of rotatable bonds is 2. The van der Waals surface area contributed by atoms with Gasteiger partial charge in [-0.1, -0.05) is 12.8 Å². The van der Waals surface area contributed by atoms with Crippen LogP contribution in [0.4, 0.5) is 0 Å². The van der Waals surface area contributed by atoms with Crippen LogP contribution in [0.3, 0.4) is 0 Å². The second-order valence-corrected chi connectivity index (χ2v) is 5.62. The van der Waals surface area contributed by atoms with Gasteiger partial charge in [-0.15, -0.1) is 0 Å². The van der Waals surface area contributed by atoms with Crippen LogP contribution in [0.2, 0.25) is 0 Å². The van der Waals surface area contributed by atoms with E-state index in [9.17, 15) is 9.59 Å². The molecule has 2 heterocycles. The number of quaternary nitrogens is 1. The van der Waals surface area contributed by atoms with Gasteiger partial charge in [0.1, 0.15) is 13.1 Å². The molecule has 5 heteroatoms. The van der Waals surface area contributed by atoms with Gasteiger partial charge >= 0.3 is 0 Å². The monoisotopic (exact) mass is 253 g/mol. The minimum absolute atomic E-state index is 0.00769. The maximum absolute atomic E-state index is 12.3. The minimum Gasteiger partial charge on any atom is -0.370 e. The summed E-state index contributed by atoms with van der Waals surface area (Å²) in [5.41, 5.74) is 0. The molecule has 2 saturated heterocycles. The van der Waals surface area contributed by atoms with Crippen molar-refractivity contribution in [2.45, 2.75) is 25.7 Å². The van der Waals surface area contributed by atoms with Crippen LogP contribution in [-0.2, 0) is 14.3 Å². The molecule has 0 bridgehead atoms. The van der Waals surface area contributed by atoms with E-state index in [0.717, 1.165) is 52.0 Å². The predicted octanol–water partition coefficient (Wildman–Crippen LogP) is -0.966. The van der Waals surface area contributed by atoms with Crippen molar-refractivity contribution in [3.63, 3.8) is 0 Å². The Bertz CT molecular complexity index is 328. The Morgan fingerprint density at radius 3 is 2.17 bits per heavy atom. The Labute approximate surface area is 107 Å². The van der Waals surface area contributed by atoms with Crippen LogP contribution in [0.1, 0.15) is 25.7 Å². The summed E-state index contributed by atoms with van der Waals surface area (Å²) in [4.78, 5) is 27.4. The van der Waals surface area contributed by atoms with E-state index in [2.05, 4.69) is 0 Å². The fourth-order valence-electron chi connectivity index (χ4n) is 3.43. The molecule has 2 aliphatic heterocycles. The molecule has 0 aromatic carbocycles. The molecule has 0 radical (unpaired) electrons. The van der Waals surface area contributed by atoms with E-state index >= 15 is 0 Å². The molecule has 1 N–H and O–H groups in total. The summed E-state index contributed by atoms with van der Waals surface area (Å²) in [5.74, 6) is 0.158. The minimum atomic E-state index is -0.00769. The standard InChI is InChI=1S/C13H20N2O3/c16-12-10-3-1-2-4-11(10)13(17)15(12)9-14-5-7-18-8-6-14/h10-11H,1-9H2/p+1/t10-,11-/m1/s1. The van der Waals surface area contributed by atoms with Crippen molar-refractivity contribution in [3.8, 4) is 0 Å². The molecule has 0 aromatic heterocycles. The number of hydrogen-bond acceptors (Lipinski definition) is 3. The van der Waals surface area contributed by atoms with Gasteiger partial charge in [0, 0.05) is 0 Å². The molecule has 3 fully saturated rings. The molecule has 1 aliphatic carbocycles. The largest absolute Gasteiger partial charge is 0.370 e. The van der Waals surface area contributed by atoms with Gasteiger partial charge in [0.2, 0.25) is 11.8 Å². The molecule has 1 saturated carbocycles. The Morgan fingerprint density at radius 1 is 1.06 bits per heavy atom. The third kappa shape index (κ3) is 2.06. The lowest BCUT2D eigenvalue weighted by Crippen LogP contribution is -3.15. The van der Waals surface area contributed by atoms with Crippen LogP contribution in [-0.4, -0.2) is 49.7 Å². The van der Waals surface area contributed by atoms with E-state index in [-0.39, 0.29) is 23.7 Å². The number of nitrogens with one attached hydrogen (secondary N) is 1. The van der Waals surface area contributed by atoms with Gasteiger partial charge in [0.25, 0.3) is 0 Å². The third-order valence-electron chi connectivity index (χ3n) is 4.51. The lowest BCUT2D eigenvalue weighted by atomic mass is 9.81. The van der Waals surface area contributed by atoms with Gasteiger partial charge < -0.3 is 9.64 Å². The molecule has 2 amide bonds. The number of imide groups is 1.